The first-order valence-electron chi connectivity index (χ1n) is 10.7. The van der Waals surface area contributed by atoms with Crippen molar-refractivity contribution in [3.8, 4) is 11.5 Å². The molecule has 5 heteroatoms. The molecule has 1 unspecified atom stereocenters. The van der Waals surface area contributed by atoms with Gasteiger partial charge in [-0.3, -0.25) is 4.79 Å². The summed E-state index contributed by atoms with van der Waals surface area (Å²) in [5.41, 5.74) is 6.31. The number of rotatable bonds is 6. The van der Waals surface area contributed by atoms with Crippen LogP contribution in [-0.4, -0.2) is 33.1 Å². The van der Waals surface area contributed by atoms with Gasteiger partial charge in [-0.15, -0.1) is 0 Å². The number of hydrogen-bond donors (Lipinski definition) is 1. The van der Waals surface area contributed by atoms with E-state index in [1.54, 1.807) is 14.2 Å². The average Bonchev–Trinajstić information content (AvgIpc) is 2.78. The van der Waals surface area contributed by atoms with Crippen molar-refractivity contribution in [3.05, 3.63) is 58.8 Å². The number of methoxy groups -OCH3 is 2. The lowest BCUT2D eigenvalue weighted by atomic mass is 9.75. The minimum atomic E-state index is -0.102. The van der Waals surface area contributed by atoms with Crippen LogP contribution in [0.3, 0.4) is 0 Å². The maximum absolute atomic E-state index is 13.0. The molecule has 5 nitrogen and oxygen atoms in total. The van der Waals surface area contributed by atoms with Crippen LogP contribution in [0, 0.1) is 0 Å². The molecule has 2 aromatic carbocycles. The Kier molecular flexibility index (Phi) is 5.71. The summed E-state index contributed by atoms with van der Waals surface area (Å²) in [7, 11) is 3.29. The van der Waals surface area contributed by atoms with Gasteiger partial charge in [0.15, 0.2) is 17.3 Å². The van der Waals surface area contributed by atoms with E-state index >= 15 is 0 Å². The lowest BCUT2D eigenvalue weighted by molar-refractivity contribution is -0.116. The van der Waals surface area contributed by atoms with E-state index in [1.807, 2.05) is 12.1 Å². The third-order valence-corrected chi connectivity index (χ3v) is 6.25. The van der Waals surface area contributed by atoms with Crippen LogP contribution in [0.1, 0.15) is 50.2 Å². The zero-order valence-electron chi connectivity index (χ0n) is 18.2. The number of Topliss-reactive ketones (excluding diaryl/α,β-unsaturated/α-hetero) is 1. The summed E-state index contributed by atoms with van der Waals surface area (Å²) >= 11 is 0. The smallest absolute Gasteiger partial charge is 0.162 e. The molecule has 1 heterocycles. The number of allylic oxidation sites excluding steroid dienone is 2. The highest BCUT2D eigenvalue weighted by molar-refractivity contribution is 6.01. The molecule has 0 aromatic heterocycles. The normalized spacial score (nSPS) is 17.7. The quantitative estimate of drug-likeness (QED) is 0.722. The van der Waals surface area contributed by atoms with Crippen LogP contribution in [0.5, 0.6) is 11.5 Å². The number of benzene rings is 2. The third-order valence-electron chi connectivity index (χ3n) is 6.25. The summed E-state index contributed by atoms with van der Waals surface area (Å²) in [5.74, 6) is 1.50. The number of carbonyl (C=O) groups is 1. The van der Waals surface area contributed by atoms with Crippen molar-refractivity contribution in [3.63, 3.8) is 0 Å². The number of hydrogen-bond acceptors (Lipinski definition) is 5. The van der Waals surface area contributed by atoms with E-state index in [1.165, 1.54) is 5.69 Å². The van der Waals surface area contributed by atoms with Gasteiger partial charge in [0.25, 0.3) is 0 Å². The molecule has 158 valence electrons. The molecule has 0 radical (unpaired) electrons. The summed E-state index contributed by atoms with van der Waals surface area (Å²) in [4.78, 5) is 15.3. The average molecular weight is 407 g/mol. The molecule has 0 saturated heterocycles. The Labute approximate surface area is 178 Å². The minimum Gasteiger partial charge on any atom is -0.493 e. The fourth-order valence-electron chi connectivity index (χ4n) is 4.70. The monoisotopic (exact) mass is 406 g/mol. The van der Waals surface area contributed by atoms with Gasteiger partial charge in [-0.1, -0.05) is 12.1 Å². The third kappa shape index (κ3) is 3.42. The van der Waals surface area contributed by atoms with E-state index < -0.39 is 0 Å². The number of fused-ring (bicyclic) bond motifs is 1. The van der Waals surface area contributed by atoms with Crippen LogP contribution >= 0.6 is 0 Å². The zero-order chi connectivity index (χ0) is 21.3. The molecule has 2 aliphatic rings. The van der Waals surface area contributed by atoms with Gasteiger partial charge >= 0.3 is 0 Å². The molecule has 1 aliphatic carbocycles. The fourth-order valence-corrected chi connectivity index (χ4v) is 4.70. The maximum atomic E-state index is 13.0. The van der Waals surface area contributed by atoms with Gasteiger partial charge in [-0.05, 0) is 56.0 Å². The molecule has 4 rings (SSSR count). The highest BCUT2D eigenvalue weighted by Gasteiger charge is 2.36. The van der Waals surface area contributed by atoms with Gasteiger partial charge < -0.3 is 19.7 Å². The van der Waals surface area contributed by atoms with Crippen LogP contribution < -0.4 is 19.7 Å². The predicted molar refractivity (Wildman–Crippen MR) is 121 cm³/mol. The first-order chi connectivity index (χ1) is 14.6. The molecule has 1 N–H and O–H groups in total. The lowest BCUT2D eigenvalue weighted by Gasteiger charge is -2.34. The van der Waals surface area contributed by atoms with Crippen LogP contribution in [0.15, 0.2) is 47.7 Å². The van der Waals surface area contributed by atoms with E-state index in [0.717, 1.165) is 54.0 Å². The number of nitrogens with one attached hydrogen (secondary N) is 1. The summed E-state index contributed by atoms with van der Waals surface area (Å²) in [6, 6.07) is 12.6. The second-order valence-electron chi connectivity index (χ2n) is 7.79. The number of ketones is 1. The topological polar surface area (TPSA) is 50.8 Å². The van der Waals surface area contributed by atoms with Gasteiger partial charge in [-0.2, -0.15) is 0 Å². The Hall–Kier alpha value is -2.95. The molecule has 0 amide bonds. The van der Waals surface area contributed by atoms with Gasteiger partial charge in [0.1, 0.15) is 0 Å². The summed E-state index contributed by atoms with van der Waals surface area (Å²) in [6.45, 7) is 6.27. The Morgan fingerprint density at radius 2 is 1.67 bits per heavy atom. The van der Waals surface area contributed by atoms with Gasteiger partial charge in [0.2, 0.25) is 0 Å². The van der Waals surface area contributed by atoms with Crippen LogP contribution in [0.25, 0.3) is 0 Å². The van der Waals surface area contributed by atoms with Crippen LogP contribution in [0.4, 0.5) is 11.4 Å². The SMILES string of the molecule is CCN(CC)c1ccc(C2C3=C(CCCC3=O)Nc3cc(OC)c(OC)cc32)cc1. The highest BCUT2D eigenvalue weighted by atomic mass is 16.5. The van der Waals surface area contributed by atoms with Crippen molar-refractivity contribution >= 4 is 17.2 Å². The number of carbonyl (C=O) groups excluding carboxylic acids is 1. The Balaban J connectivity index is 1.85. The molecular formula is C25H30N2O3. The molecule has 0 fully saturated rings. The Bertz CT molecular complexity index is 975. The van der Waals surface area contributed by atoms with Crippen molar-refractivity contribution in [2.45, 2.75) is 39.0 Å². The highest BCUT2D eigenvalue weighted by Crippen LogP contribution is 2.48. The molecule has 0 saturated carbocycles. The molecule has 1 atom stereocenters. The minimum absolute atomic E-state index is 0.102. The van der Waals surface area contributed by atoms with E-state index in [2.05, 4.69) is 48.3 Å². The molecule has 0 bridgehead atoms. The van der Waals surface area contributed by atoms with Crippen molar-refractivity contribution in [2.24, 2.45) is 0 Å². The van der Waals surface area contributed by atoms with Crippen LogP contribution in [-0.2, 0) is 4.79 Å². The summed E-state index contributed by atoms with van der Waals surface area (Å²) < 4.78 is 11.1. The van der Waals surface area contributed by atoms with E-state index in [0.29, 0.717) is 17.9 Å². The second-order valence-corrected chi connectivity index (χ2v) is 7.79. The zero-order valence-corrected chi connectivity index (χ0v) is 18.2. The molecule has 2 aromatic rings. The van der Waals surface area contributed by atoms with Crippen molar-refractivity contribution in [1.82, 2.24) is 0 Å². The fraction of sp³-hybridized carbons (Fsp3) is 0.400. The molecule has 0 spiro atoms. The number of anilines is 2. The van der Waals surface area contributed by atoms with Crippen molar-refractivity contribution in [1.29, 1.82) is 0 Å². The molecule has 1 aliphatic heterocycles. The Morgan fingerprint density at radius 3 is 2.30 bits per heavy atom. The van der Waals surface area contributed by atoms with Crippen molar-refractivity contribution in [2.75, 3.05) is 37.5 Å². The standard InChI is InChI=1S/C25H30N2O3/c1-5-27(6-2)17-12-10-16(11-13-17)24-18-14-22(29-3)23(30-4)15-20(18)26-19-8-7-9-21(28)25(19)24/h10-15,24,26H,5-9H2,1-4H3. The van der Waals surface area contributed by atoms with Crippen molar-refractivity contribution < 1.29 is 14.3 Å². The summed E-state index contributed by atoms with van der Waals surface area (Å²) in [5, 5.41) is 3.52. The maximum Gasteiger partial charge on any atom is 0.162 e. The summed E-state index contributed by atoms with van der Waals surface area (Å²) in [6.07, 6.45) is 2.39. The number of ether oxygens (including phenoxy) is 2. The van der Waals surface area contributed by atoms with Gasteiger partial charge in [0.05, 0.1) is 14.2 Å². The first kappa shape index (κ1) is 20.3. The predicted octanol–water partition coefficient (Wildman–Crippen LogP) is 5.11. The van der Waals surface area contributed by atoms with Crippen LogP contribution in [0.2, 0.25) is 0 Å². The van der Waals surface area contributed by atoms with E-state index in [4.69, 9.17) is 9.47 Å². The van der Waals surface area contributed by atoms with Gasteiger partial charge in [-0.25, -0.2) is 0 Å². The lowest BCUT2D eigenvalue weighted by Crippen LogP contribution is -2.27. The largest absolute Gasteiger partial charge is 0.493 e. The Morgan fingerprint density at radius 1 is 1.00 bits per heavy atom. The second kappa shape index (κ2) is 8.42. The van der Waals surface area contributed by atoms with E-state index in [-0.39, 0.29) is 11.7 Å². The van der Waals surface area contributed by atoms with E-state index in [9.17, 15) is 4.79 Å². The number of nitrogens with zero attached hydrogens (tertiary/aromatic N) is 1. The molecular weight excluding hydrogens is 376 g/mol. The molecule has 30 heavy (non-hydrogen) atoms. The van der Waals surface area contributed by atoms with Gasteiger partial charge in [0, 0.05) is 54.1 Å². The first-order valence-corrected chi connectivity index (χ1v) is 10.7.